The van der Waals surface area contributed by atoms with Crippen molar-refractivity contribution < 1.29 is 19.0 Å². The van der Waals surface area contributed by atoms with Gasteiger partial charge in [0.05, 0.1) is 4.92 Å². The van der Waals surface area contributed by atoms with E-state index in [-0.39, 0.29) is 35.2 Å². The third-order valence-corrected chi connectivity index (χ3v) is 4.35. The van der Waals surface area contributed by atoms with E-state index in [4.69, 9.17) is 4.52 Å². The van der Waals surface area contributed by atoms with Crippen molar-refractivity contribution in [2.45, 2.75) is 45.1 Å². The van der Waals surface area contributed by atoms with Crippen LogP contribution in [0.25, 0.3) is 0 Å². The highest BCUT2D eigenvalue weighted by molar-refractivity contribution is 6.07. The first-order chi connectivity index (χ1) is 12.7. The Morgan fingerprint density at radius 3 is 2.56 bits per heavy atom. The lowest BCUT2D eigenvalue weighted by Gasteiger charge is -2.23. The van der Waals surface area contributed by atoms with Crippen LogP contribution < -0.4 is 10.2 Å². The van der Waals surface area contributed by atoms with Crippen LogP contribution in [0.2, 0.25) is 0 Å². The van der Waals surface area contributed by atoms with Crippen LogP contribution >= 0.6 is 0 Å². The van der Waals surface area contributed by atoms with Crippen molar-refractivity contribution in [3.05, 3.63) is 46.2 Å². The van der Waals surface area contributed by atoms with Crippen molar-refractivity contribution in [3.8, 4) is 0 Å². The Labute approximate surface area is 155 Å². The highest BCUT2D eigenvalue weighted by Gasteiger charge is 2.37. The average Bonchev–Trinajstić information content (AvgIpc) is 3.21. The zero-order valence-corrected chi connectivity index (χ0v) is 15.3. The monoisotopic (exact) mass is 372 g/mol. The van der Waals surface area contributed by atoms with Gasteiger partial charge in [-0.05, 0) is 18.6 Å². The number of nitrogens with one attached hydrogen (secondary N) is 1. The highest BCUT2D eigenvalue weighted by Crippen LogP contribution is 2.29. The second-order valence-electron chi connectivity index (χ2n) is 7.41. The molecule has 1 fully saturated rings. The molecule has 1 aliphatic rings. The van der Waals surface area contributed by atoms with Crippen molar-refractivity contribution in [2.75, 3.05) is 10.2 Å². The number of amides is 2. The van der Waals surface area contributed by atoms with Crippen LogP contribution in [-0.2, 0) is 15.0 Å². The van der Waals surface area contributed by atoms with E-state index in [1.807, 2.05) is 20.8 Å². The van der Waals surface area contributed by atoms with E-state index in [1.165, 1.54) is 29.2 Å². The molecule has 1 N–H and O–H groups in total. The standard InChI is InChI=1S/C18H20N4O5/c1-18(2,3)14-10-15(20-27-14)19-17(24)13-8-9-16(23)21(13)11-4-6-12(7-5-11)22(25)26/h4-7,10,13H,8-9H2,1-3H3,(H,19,20,24)/t13-/m0/s1. The topological polar surface area (TPSA) is 119 Å². The minimum Gasteiger partial charge on any atom is -0.359 e. The molecule has 3 rings (SSSR count). The molecule has 9 heteroatoms. The van der Waals surface area contributed by atoms with E-state index >= 15 is 0 Å². The summed E-state index contributed by atoms with van der Waals surface area (Å²) in [5, 5.41) is 17.3. The molecule has 1 aromatic heterocycles. The Hall–Kier alpha value is -3.23. The number of benzene rings is 1. The Kier molecular flexibility index (Phi) is 4.69. The maximum Gasteiger partial charge on any atom is 0.269 e. The number of non-ortho nitro benzene ring substituents is 1. The quantitative estimate of drug-likeness (QED) is 0.651. The van der Waals surface area contributed by atoms with Crippen LogP contribution in [-0.4, -0.2) is 27.9 Å². The molecule has 142 valence electrons. The molecule has 1 atom stereocenters. The first-order valence-electron chi connectivity index (χ1n) is 8.51. The van der Waals surface area contributed by atoms with Gasteiger partial charge in [-0.3, -0.25) is 24.6 Å². The van der Waals surface area contributed by atoms with Crippen molar-refractivity contribution >= 4 is 29.0 Å². The maximum atomic E-state index is 12.7. The largest absolute Gasteiger partial charge is 0.359 e. The van der Waals surface area contributed by atoms with Crippen LogP contribution in [0.1, 0.15) is 39.4 Å². The summed E-state index contributed by atoms with van der Waals surface area (Å²) in [6, 6.07) is 6.50. The molecular weight excluding hydrogens is 352 g/mol. The SMILES string of the molecule is CC(C)(C)c1cc(NC(=O)[C@@H]2CCC(=O)N2c2ccc([N+](=O)[O-])cc2)no1. The number of carbonyl (C=O) groups is 2. The summed E-state index contributed by atoms with van der Waals surface area (Å²) in [4.78, 5) is 36.6. The number of carbonyl (C=O) groups excluding carboxylic acids is 2. The van der Waals surface area contributed by atoms with Gasteiger partial charge in [-0.25, -0.2) is 0 Å². The maximum absolute atomic E-state index is 12.7. The molecular formula is C18H20N4O5. The van der Waals surface area contributed by atoms with Gasteiger partial charge in [-0.1, -0.05) is 25.9 Å². The fraction of sp³-hybridized carbons (Fsp3) is 0.389. The molecule has 1 aliphatic heterocycles. The van der Waals surface area contributed by atoms with Gasteiger partial charge in [0.25, 0.3) is 5.69 Å². The minimum atomic E-state index is -0.714. The number of hydrogen-bond donors (Lipinski definition) is 1. The third-order valence-electron chi connectivity index (χ3n) is 4.35. The minimum absolute atomic E-state index is 0.0799. The fourth-order valence-electron chi connectivity index (χ4n) is 2.89. The van der Waals surface area contributed by atoms with Gasteiger partial charge in [0.1, 0.15) is 11.8 Å². The van der Waals surface area contributed by atoms with Crippen molar-refractivity contribution in [1.29, 1.82) is 0 Å². The van der Waals surface area contributed by atoms with Crippen LogP contribution in [0, 0.1) is 10.1 Å². The molecule has 2 aromatic rings. The number of hydrogen-bond acceptors (Lipinski definition) is 6. The predicted molar refractivity (Wildman–Crippen MR) is 97.4 cm³/mol. The summed E-state index contributed by atoms with van der Waals surface area (Å²) in [5.74, 6) is 0.327. The number of anilines is 2. The van der Waals surface area contributed by atoms with E-state index in [0.29, 0.717) is 17.9 Å². The van der Waals surface area contributed by atoms with Crippen LogP contribution in [0.3, 0.4) is 0 Å². The highest BCUT2D eigenvalue weighted by atomic mass is 16.6. The smallest absolute Gasteiger partial charge is 0.269 e. The van der Waals surface area contributed by atoms with Gasteiger partial charge in [0.15, 0.2) is 5.82 Å². The normalized spacial score (nSPS) is 17.2. The van der Waals surface area contributed by atoms with Gasteiger partial charge in [-0.15, -0.1) is 0 Å². The molecule has 0 saturated carbocycles. The molecule has 27 heavy (non-hydrogen) atoms. The Balaban J connectivity index is 1.78. The number of aromatic nitrogens is 1. The number of nitrogens with zero attached hydrogens (tertiary/aromatic N) is 3. The second kappa shape index (κ2) is 6.82. The number of rotatable bonds is 4. The average molecular weight is 372 g/mol. The summed E-state index contributed by atoms with van der Waals surface area (Å²) < 4.78 is 5.25. The molecule has 0 unspecified atom stereocenters. The zero-order valence-electron chi connectivity index (χ0n) is 15.3. The summed E-state index contributed by atoms with van der Waals surface area (Å²) in [5.41, 5.74) is 0.117. The summed E-state index contributed by atoms with van der Waals surface area (Å²) >= 11 is 0. The summed E-state index contributed by atoms with van der Waals surface area (Å²) in [7, 11) is 0. The second-order valence-corrected chi connectivity index (χ2v) is 7.41. The lowest BCUT2D eigenvalue weighted by Crippen LogP contribution is -2.41. The van der Waals surface area contributed by atoms with E-state index in [2.05, 4.69) is 10.5 Å². The van der Waals surface area contributed by atoms with E-state index in [0.717, 1.165) is 0 Å². The van der Waals surface area contributed by atoms with Crippen LogP contribution in [0.4, 0.5) is 17.2 Å². The van der Waals surface area contributed by atoms with Gasteiger partial charge in [-0.2, -0.15) is 0 Å². The van der Waals surface area contributed by atoms with E-state index in [9.17, 15) is 19.7 Å². The number of nitro groups is 1. The van der Waals surface area contributed by atoms with Gasteiger partial charge >= 0.3 is 0 Å². The molecule has 0 bridgehead atoms. The van der Waals surface area contributed by atoms with Crippen LogP contribution in [0.15, 0.2) is 34.9 Å². The molecule has 1 aromatic carbocycles. The van der Waals surface area contributed by atoms with Crippen molar-refractivity contribution in [3.63, 3.8) is 0 Å². The lowest BCUT2D eigenvalue weighted by molar-refractivity contribution is -0.384. The van der Waals surface area contributed by atoms with Crippen molar-refractivity contribution in [2.24, 2.45) is 0 Å². The van der Waals surface area contributed by atoms with E-state index < -0.39 is 11.0 Å². The Morgan fingerprint density at radius 1 is 1.33 bits per heavy atom. The zero-order chi connectivity index (χ0) is 19.8. The Morgan fingerprint density at radius 2 is 2.00 bits per heavy atom. The van der Waals surface area contributed by atoms with Crippen LogP contribution in [0.5, 0.6) is 0 Å². The fourth-order valence-corrected chi connectivity index (χ4v) is 2.89. The van der Waals surface area contributed by atoms with Crippen molar-refractivity contribution in [1.82, 2.24) is 5.16 Å². The Bertz CT molecular complexity index is 882. The molecule has 0 radical (unpaired) electrons. The van der Waals surface area contributed by atoms with Gasteiger partial charge < -0.3 is 9.84 Å². The molecule has 0 spiro atoms. The molecule has 0 aliphatic carbocycles. The summed E-state index contributed by atoms with van der Waals surface area (Å²) in [6.45, 7) is 5.89. The lowest BCUT2D eigenvalue weighted by atomic mass is 9.93. The first-order valence-corrected chi connectivity index (χ1v) is 8.51. The number of nitro benzene ring substituents is 1. The van der Waals surface area contributed by atoms with Gasteiger partial charge in [0.2, 0.25) is 11.8 Å². The summed E-state index contributed by atoms with van der Waals surface area (Å²) in [6.07, 6.45) is 0.576. The van der Waals surface area contributed by atoms with Gasteiger partial charge in [0, 0.05) is 35.7 Å². The molecule has 2 amide bonds. The molecule has 9 nitrogen and oxygen atoms in total. The predicted octanol–water partition coefficient (Wildman–Crippen LogP) is 3.01. The third kappa shape index (κ3) is 3.81. The first kappa shape index (κ1) is 18.6. The molecule has 2 heterocycles. The van der Waals surface area contributed by atoms with E-state index in [1.54, 1.807) is 6.07 Å². The molecule has 1 saturated heterocycles.